The largest absolute Gasteiger partial charge is 0.353 e. The average Bonchev–Trinajstić information content (AvgIpc) is 2.62. The molecule has 2 aromatic heterocycles. The first-order valence-corrected chi connectivity index (χ1v) is 5.05. The molecule has 0 aromatic carbocycles. The summed E-state index contributed by atoms with van der Waals surface area (Å²) in [5.41, 5.74) is 1.44. The van der Waals surface area contributed by atoms with Crippen molar-refractivity contribution in [3.05, 3.63) is 18.6 Å². The lowest BCUT2D eigenvalue weighted by Gasteiger charge is -2.20. The minimum Gasteiger partial charge on any atom is -0.353 e. The number of imidazole rings is 1. The normalized spacial score (nSPS) is 11.4. The fraction of sp³-hybridized carbons (Fsp3) is 0.333. The van der Waals surface area contributed by atoms with Crippen LogP contribution in [0.4, 0.5) is 5.82 Å². The zero-order chi connectivity index (χ0) is 11.8. The van der Waals surface area contributed by atoms with Gasteiger partial charge in [0.1, 0.15) is 5.52 Å². The van der Waals surface area contributed by atoms with Gasteiger partial charge in [-0.25, -0.2) is 9.97 Å². The van der Waals surface area contributed by atoms with Crippen molar-refractivity contribution in [1.29, 1.82) is 0 Å². The van der Waals surface area contributed by atoms with Crippen molar-refractivity contribution in [3.8, 4) is 12.3 Å². The van der Waals surface area contributed by atoms with E-state index >= 15 is 0 Å². The lowest BCUT2D eigenvalue weighted by atomic mass is 10.1. The number of pyridine rings is 1. The Hall–Kier alpha value is -2.02. The Bertz CT molecular complexity index is 560. The van der Waals surface area contributed by atoms with Gasteiger partial charge in [-0.05, 0) is 19.9 Å². The van der Waals surface area contributed by atoms with E-state index in [-0.39, 0.29) is 0 Å². The zero-order valence-electron chi connectivity index (χ0n) is 9.65. The summed E-state index contributed by atoms with van der Waals surface area (Å²) >= 11 is 0. The third-order valence-electron chi connectivity index (χ3n) is 2.43. The van der Waals surface area contributed by atoms with Crippen molar-refractivity contribution >= 4 is 16.9 Å². The Balaban J connectivity index is 2.50. The maximum Gasteiger partial charge on any atom is 0.155 e. The monoisotopic (exact) mass is 214 g/mol. The summed E-state index contributed by atoms with van der Waals surface area (Å²) in [5, 5.41) is 3.20. The first-order valence-electron chi connectivity index (χ1n) is 5.05. The predicted molar refractivity (Wildman–Crippen MR) is 65.0 cm³/mol. The first kappa shape index (κ1) is 10.5. The van der Waals surface area contributed by atoms with Crippen molar-refractivity contribution in [2.75, 3.05) is 5.32 Å². The van der Waals surface area contributed by atoms with Gasteiger partial charge in [0.05, 0.1) is 17.4 Å². The van der Waals surface area contributed by atoms with Gasteiger partial charge in [-0.15, -0.1) is 6.42 Å². The van der Waals surface area contributed by atoms with E-state index < -0.39 is 5.54 Å². The standard InChI is InChI=1S/C12H14N4/c1-5-12(2,3)15-11-10-9(6-7-13-11)16(4)8-14-10/h1,6-8H,2-4H3,(H,13,15). The van der Waals surface area contributed by atoms with Gasteiger partial charge in [0.15, 0.2) is 5.82 Å². The van der Waals surface area contributed by atoms with Crippen molar-refractivity contribution in [2.24, 2.45) is 7.05 Å². The van der Waals surface area contributed by atoms with E-state index in [9.17, 15) is 0 Å². The van der Waals surface area contributed by atoms with Crippen LogP contribution >= 0.6 is 0 Å². The Labute approximate surface area is 94.7 Å². The number of nitrogens with zero attached hydrogens (tertiary/aromatic N) is 3. The van der Waals surface area contributed by atoms with E-state index in [1.54, 1.807) is 12.5 Å². The number of fused-ring (bicyclic) bond motifs is 1. The fourth-order valence-electron chi connectivity index (χ4n) is 1.49. The fourth-order valence-corrected chi connectivity index (χ4v) is 1.49. The minimum atomic E-state index is -0.432. The summed E-state index contributed by atoms with van der Waals surface area (Å²) < 4.78 is 1.95. The van der Waals surface area contributed by atoms with Crippen LogP contribution < -0.4 is 5.32 Å². The third kappa shape index (κ3) is 1.72. The van der Waals surface area contributed by atoms with Crippen molar-refractivity contribution in [3.63, 3.8) is 0 Å². The van der Waals surface area contributed by atoms with Crippen LogP contribution in [0.1, 0.15) is 13.8 Å². The van der Waals surface area contributed by atoms with Gasteiger partial charge in [-0.1, -0.05) is 5.92 Å². The van der Waals surface area contributed by atoms with E-state index in [0.717, 1.165) is 16.9 Å². The maximum absolute atomic E-state index is 5.44. The molecule has 0 saturated heterocycles. The maximum atomic E-state index is 5.44. The van der Waals surface area contributed by atoms with Crippen LogP contribution in [0.25, 0.3) is 11.0 Å². The Morgan fingerprint density at radius 2 is 2.19 bits per heavy atom. The Kier molecular flexibility index (Phi) is 2.31. The van der Waals surface area contributed by atoms with E-state index in [1.165, 1.54) is 0 Å². The molecule has 16 heavy (non-hydrogen) atoms. The quantitative estimate of drug-likeness (QED) is 0.775. The van der Waals surface area contributed by atoms with Gasteiger partial charge >= 0.3 is 0 Å². The van der Waals surface area contributed by atoms with Gasteiger partial charge < -0.3 is 9.88 Å². The van der Waals surface area contributed by atoms with Crippen LogP contribution in [-0.2, 0) is 7.05 Å². The molecule has 0 aliphatic heterocycles. The van der Waals surface area contributed by atoms with E-state index in [4.69, 9.17) is 6.42 Å². The Morgan fingerprint density at radius 1 is 1.44 bits per heavy atom. The molecule has 2 aromatic rings. The number of rotatable bonds is 2. The summed E-state index contributed by atoms with van der Waals surface area (Å²) in [7, 11) is 1.95. The predicted octanol–water partition coefficient (Wildman–Crippen LogP) is 1.79. The molecule has 0 amide bonds. The summed E-state index contributed by atoms with van der Waals surface area (Å²) in [4.78, 5) is 8.58. The molecule has 0 fully saturated rings. The highest BCUT2D eigenvalue weighted by atomic mass is 15.1. The third-order valence-corrected chi connectivity index (χ3v) is 2.43. The molecule has 0 spiro atoms. The number of anilines is 1. The first-order chi connectivity index (χ1) is 7.53. The molecule has 0 aliphatic rings. The highest BCUT2D eigenvalue weighted by Crippen LogP contribution is 2.21. The van der Waals surface area contributed by atoms with Gasteiger partial charge in [0, 0.05) is 13.2 Å². The topological polar surface area (TPSA) is 42.7 Å². The molecular weight excluding hydrogens is 200 g/mol. The molecule has 0 atom stereocenters. The molecular formula is C12H14N4. The average molecular weight is 214 g/mol. The molecule has 82 valence electrons. The molecule has 1 N–H and O–H groups in total. The van der Waals surface area contributed by atoms with Gasteiger partial charge in [-0.2, -0.15) is 0 Å². The number of aromatic nitrogens is 3. The van der Waals surface area contributed by atoms with Gasteiger partial charge in [-0.3, -0.25) is 0 Å². The second-order valence-electron chi connectivity index (χ2n) is 4.28. The van der Waals surface area contributed by atoms with Crippen molar-refractivity contribution in [2.45, 2.75) is 19.4 Å². The van der Waals surface area contributed by atoms with Crippen LogP contribution in [-0.4, -0.2) is 20.1 Å². The van der Waals surface area contributed by atoms with Crippen LogP contribution in [0.3, 0.4) is 0 Å². The van der Waals surface area contributed by atoms with Gasteiger partial charge in [0.2, 0.25) is 0 Å². The van der Waals surface area contributed by atoms with Crippen LogP contribution in [0.15, 0.2) is 18.6 Å². The van der Waals surface area contributed by atoms with Crippen molar-refractivity contribution in [1.82, 2.24) is 14.5 Å². The van der Waals surface area contributed by atoms with Crippen LogP contribution in [0.2, 0.25) is 0 Å². The minimum absolute atomic E-state index is 0.432. The molecule has 0 aliphatic carbocycles. The SMILES string of the molecule is C#CC(C)(C)Nc1nccc2c1ncn2C. The summed E-state index contributed by atoms with van der Waals surface area (Å²) in [6.07, 6.45) is 8.95. The van der Waals surface area contributed by atoms with Crippen LogP contribution in [0.5, 0.6) is 0 Å². The van der Waals surface area contributed by atoms with Crippen molar-refractivity contribution < 1.29 is 0 Å². The molecule has 2 heterocycles. The number of aryl methyl sites for hydroxylation is 1. The molecule has 0 radical (unpaired) electrons. The Morgan fingerprint density at radius 3 is 2.88 bits per heavy atom. The number of nitrogens with one attached hydrogen (secondary N) is 1. The summed E-state index contributed by atoms with van der Waals surface area (Å²) in [6.45, 7) is 3.85. The number of hydrogen-bond donors (Lipinski definition) is 1. The van der Waals surface area contributed by atoms with E-state index in [1.807, 2.05) is 31.5 Å². The lowest BCUT2D eigenvalue weighted by Crippen LogP contribution is -2.29. The summed E-state index contributed by atoms with van der Waals surface area (Å²) in [6, 6.07) is 1.93. The lowest BCUT2D eigenvalue weighted by molar-refractivity contribution is 0.737. The number of hydrogen-bond acceptors (Lipinski definition) is 3. The van der Waals surface area contributed by atoms with E-state index in [2.05, 4.69) is 21.2 Å². The molecule has 0 saturated carbocycles. The smallest absolute Gasteiger partial charge is 0.155 e. The number of terminal acetylenes is 1. The molecule has 4 nitrogen and oxygen atoms in total. The molecule has 4 heteroatoms. The molecule has 0 unspecified atom stereocenters. The van der Waals surface area contributed by atoms with Gasteiger partial charge in [0.25, 0.3) is 0 Å². The summed E-state index contributed by atoms with van der Waals surface area (Å²) in [5.74, 6) is 3.40. The molecule has 2 rings (SSSR count). The second-order valence-corrected chi connectivity index (χ2v) is 4.28. The van der Waals surface area contributed by atoms with Crippen LogP contribution in [0, 0.1) is 12.3 Å². The highest BCUT2D eigenvalue weighted by Gasteiger charge is 2.16. The highest BCUT2D eigenvalue weighted by molar-refractivity contribution is 5.86. The molecule has 0 bridgehead atoms. The second kappa shape index (κ2) is 3.53. The zero-order valence-corrected chi connectivity index (χ0v) is 9.65. The van der Waals surface area contributed by atoms with E-state index in [0.29, 0.717) is 0 Å².